The Labute approximate surface area is 117 Å². The van der Waals surface area contributed by atoms with Gasteiger partial charge in [0.15, 0.2) is 6.61 Å². The van der Waals surface area contributed by atoms with Crippen molar-refractivity contribution in [2.45, 2.75) is 13.5 Å². The number of anilines is 1. The van der Waals surface area contributed by atoms with Crippen LogP contribution in [0.5, 0.6) is 11.5 Å². The molecule has 0 spiro atoms. The highest BCUT2D eigenvalue weighted by Crippen LogP contribution is 2.31. The summed E-state index contributed by atoms with van der Waals surface area (Å²) in [5.41, 5.74) is 3.00. The third kappa shape index (κ3) is 2.59. The van der Waals surface area contributed by atoms with Crippen molar-refractivity contribution in [3.63, 3.8) is 0 Å². The molecule has 1 aliphatic heterocycles. The summed E-state index contributed by atoms with van der Waals surface area (Å²) < 4.78 is 11.1. The highest BCUT2D eigenvalue weighted by molar-refractivity contribution is 5.95. The Kier molecular flexibility index (Phi) is 3.29. The van der Waals surface area contributed by atoms with E-state index in [0.29, 0.717) is 23.8 Å². The van der Waals surface area contributed by atoms with Crippen molar-refractivity contribution in [3.8, 4) is 11.5 Å². The molecule has 2 aromatic carbocycles. The lowest BCUT2D eigenvalue weighted by atomic mass is 10.1. The first-order valence-electron chi connectivity index (χ1n) is 6.46. The number of carbonyl (C=O) groups excluding carboxylic acids is 1. The van der Waals surface area contributed by atoms with Gasteiger partial charge in [0.25, 0.3) is 5.91 Å². The standard InChI is InChI=1S/C16H15NO3/c1-11-4-2-3-5-12(11)9-19-13-6-7-15-14(8-13)17-16(18)10-20-15/h2-8H,9-10H2,1H3,(H,17,18). The Morgan fingerprint density at radius 1 is 1.25 bits per heavy atom. The maximum absolute atomic E-state index is 11.3. The minimum atomic E-state index is -0.145. The summed E-state index contributed by atoms with van der Waals surface area (Å²) in [5.74, 6) is 1.24. The number of ether oxygens (including phenoxy) is 2. The molecule has 20 heavy (non-hydrogen) atoms. The number of carbonyl (C=O) groups is 1. The summed E-state index contributed by atoms with van der Waals surface area (Å²) in [6.45, 7) is 2.62. The third-order valence-electron chi connectivity index (χ3n) is 3.24. The van der Waals surface area contributed by atoms with Crippen molar-refractivity contribution in [2.24, 2.45) is 0 Å². The van der Waals surface area contributed by atoms with Crippen LogP contribution in [0.2, 0.25) is 0 Å². The first kappa shape index (κ1) is 12.5. The zero-order valence-corrected chi connectivity index (χ0v) is 11.2. The highest BCUT2D eigenvalue weighted by Gasteiger charge is 2.16. The van der Waals surface area contributed by atoms with Crippen LogP contribution in [0.4, 0.5) is 5.69 Å². The normalized spacial score (nSPS) is 13.2. The zero-order valence-electron chi connectivity index (χ0n) is 11.2. The average Bonchev–Trinajstić information content (AvgIpc) is 2.46. The molecule has 0 radical (unpaired) electrons. The monoisotopic (exact) mass is 269 g/mol. The molecule has 1 amide bonds. The molecule has 1 aliphatic rings. The van der Waals surface area contributed by atoms with Gasteiger partial charge in [-0.25, -0.2) is 0 Å². The van der Waals surface area contributed by atoms with E-state index in [2.05, 4.69) is 18.3 Å². The van der Waals surface area contributed by atoms with Gasteiger partial charge in [0, 0.05) is 6.07 Å². The summed E-state index contributed by atoms with van der Waals surface area (Å²) in [7, 11) is 0. The molecular formula is C16H15NO3. The van der Waals surface area contributed by atoms with Gasteiger partial charge in [0.05, 0.1) is 5.69 Å². The molecule has 0 aliphatic carbocycles. The molecule has 0 fully saturated rings. The lowest BCUT2D eigenvalue weighted by Crippen LogP contribution is -2.25. The van der Waals surface area contributed by atoms with Crippen molar-refractivity contribution in [3.05, 3.63) is 53.6 Å². The van der Waals surface area contributed by atoms with Crippen LogP contribution in [-0.2, 0) is 11.4 Å². The largest absolute Gasteiger partial charge is 0.489 e. The number of amides is 1. The third-order valence-corrected chi connectivity index (χ3v) is 3.24. The van der Waals surface area contributed by atoms with Crippen LogP contribution in [-0.4, -0.2) is 12.5 Å². The van der Waals surface area contributed by atoms with Gasteiger partial charge < -0.3 is 14.8 Å². The Bertz CT molecular complexity index is 652. The second kappa shape index (κ2) is 5.25. The van der Waals surface area contributed by atoms with Crippen LogP contribution < -0.4 is 14.8 Å². The Balaban J connectivity index is 1.74. The van der Waals surface area contributed by atoms with Gasteiger partial charge in [-0.3, -0.25) is 4.79 Å². The molecule has 102 valence electrons. The van der Waals surface area contributed by atoms with Gasteiger partial charge in [0.2, 0.25) is 0 Å². The highest BCUT2D eigenvalue weighted by atomic mass is 16.5. The molecule has 2 aromatic rings. The van der Waals surface area contributed by atoms with E-state index < -0.39 is 0 Å². The fourth-order valence-corrected chi connectivity index (χ4v) is 2.09. The van der Waals surface area contributed by atoms with Crippen LogP contribution >= 0.6 is 0 Å². The summed E-state index contributed by atoms with van der Waals surface area (Å²) >= 11 is 0. The first-order chi connectivity index (χ1) is 9.72. The van der Waals surface area contributed by atoms with E-state index in [1.807, 2.05) is 30.3 Å². The molecule has 4 heteroatoms. The second-order valence-corrected chi connectivity index (χ2v) is 4.71. The Hall–Kier alpha value is -2.49. The Morgan fingerprint density at radius 3 is 2.95 bits per heavy atom. The number of nitrogens with one attached hydrogen (secondary N) is 1. The van der Waals surface area contributed by atoms with Crippen molar-refractivity contribution in [1.29, 1.82) is 0 Å². The van der Waals surface area contributed by atoms with E-state index in [0.717, 1.165) is 5.56 Å². The number of aryl methyl sites for hydroxylation is 1. The average molecular weight is 269 g/mol. The summed E-state index contributed by atoms with van der Waals surface area (Å²) in [6, 6.07) is 13.5. The fourth-order valence-electron chi connectivity index (χ4n) is 2.09. The second-order valence-electron chi connectivity index (χ2n) is 4.71. The Morgan fingerprint density at radius 2 is 2.10 bits per heavy atom. The molecular weight excluding hydrogens is 254 g/mol. The maximum Gasteiger partial charge on any atom is 0.262 e. The van der Waals surface area contributed by atoms with Gasteiger partial charge in [-0.05, 0) is 30.2 Å². The summed E-state index contributed by atoms with van der Waals surface area (Å²) in [4.78, 5) is 11.3. The number of benzene rings is 2. The molecule has 1 N–H and O–H groups in total. The van der Waals surface area contributed by atoms with E-state index in [9.17, 15) is 4.79 Å². The van der Waals surface area contributed by atoms with Gasteiger partial charge in [-0.2, -0.15) is 0 Å². The van der Waals surface area contributed by atoms with Crippen molar-refractivity contribution in [2.75, 3.05) is 11.9 Å². The summed E-state index contributed by atoms with van der Waals surface area (Å²) in [6.07, 6.45) is 0. The molecule has 4 nitrogen and oxygen atoms in total. The minimum Gasteiger partial charge on any atom is -0.489 e. The number of hydrogen-bond donors (Lipinski definition) is 1. The smallest absolute Gasteiger partial charge is 0.262 e. The van der Waals surface area contributed by atoms with Crippen LogP contribution in [0.15, 0.2) is 42.5 Å². The molecule has 0 bridgehead atoms. The van der Waals surface area contributed by atoms with E-state index in [-0.39, 0.29) is 12.5 Å². The number of fused-ring (bicyclic) bond motifs is 1. The predicted octanol–water partition coefficient (Wildman–Crippen LogP) is 2.90. The number of hydrogen-bond acceptors (Lipinski definition) is 3. The topological polar surface area (TPSA) is 47.6 Å². The minimum absolute atomic E-state index is 0.0659. The van der Waals surface area contributed by atoms with Gasteiger partial charge in [-0.15, -0.1) is 0 Å². The maximum atomic E-state index is 11.3. The van der Waals surface area contributed by atoms with Crippen LogP contribution in [0.1, 0.15) is 11.1 Å². The molecule has 0 atom stereocenters. The molecule has 1 heterocycles. The first-order valence-corrected chi connectivity index (χ1v) is 6.46. The van der Waals surface area contributed by atoms with Crippen LogP contribution in [0, 0.1) is 6.92 Å². The van der Waals surface area contributed by atoms with E-state index in [1.54, 1.807) is 6.07 Å². The molecule has 0 saturated heterocycles. The van der Waals surface area contributed by atoms with Crippen molar-refractivity contribution in [1.82, 2.24) is 0 Å². The van der Waals surface area contributed by atoms with E-state index in [1.165, 1.54) is 5.56 Å². The molecule has 0 saturated carbocycles. The summed E-state index contributed by atoms with van der Waals surface area (Å²) in [5, 5.41) is 2.77. The lowest BCUT2D eigenvalue weighted by Gasteiger charge is -2.18. The zero-order chi connectivity index (χ0) is 13.9. The van der Waals surface area contributed by atoms with Crippen molar-refractivity contribution >= 4 is 11.6 Å². The van der Waals surface area contributed by atoms with E-state index >= 15 is 0 Å². The van der Waals surface area contributed by atoms with Gasteiger partial charge in [0.1, 0.15) is 18.1 Å². The predicted molar refractivity (Wildman–Crippen MR) is 76.1 cm³/mol. The van der Waals surface area contributed by atoms with Crippen molar-refractivity contribution < 1.29 is 14.3 Å². The van der Waals surface area contributed by atoms with Crippen LogP contribution in [0.3, 0.4) is 0 Å². The van der Waals surface area contributed by atoms with Gasteiger partial charge in [-0.1, -0.05) is 24.3 Å². The fraction of sp³-hybridized carbons (Fsp3) is 0.188. The SMILES string of the molecule is Cc1ccccc1COc1ccc2c(c1)NC(=O)CO2. The van der Waals surface area contributed by atoms with Crippen LogP contribution in [0.25, 0.3) is 0 Å². The van der Waals surface area contributed by atoms with E-state index in [4.69, 9.17) is 9.47 Å². The number of rotatable bonds is 3. The molecule has 0 aromatic heterocycles. The lowest BCUT2D eigenvalue weighted by molar-refractivity contribution is -0.118. The quantitative estimate of drug-likeness (QED) is 0.932. The molecule has 3 rings (SSSR count). The van der Waals surface area contributed by atoms with Gasteiger partial charge >= 0.3 is 0 Å². The molecule has 0 unspecified atom stereocenters.